The Morgan fingerprint density at radius 1 is 1.11 bits per heavy atom. The standard InChI is InChI=1S/C27H31BrN2O6/c1-17(2)35-27(33)30(4)16-21-15-23(11-7-19(21)8-12-25(31)32)34-14-13-24-18(3)36-26(29-24)20-5-9-22(28)10-6-20/h5-7,9-11,15,17H,8,12-14,16H2,1-4H3,(H,31,32). The van der Waals surface area contributed by atoms with Gasteiger partial charge in [-0.15, -0.1) is 0 Å². The molecule has 1 N–H and O–H groups in total. The maximum atomic E-state index is 12.3. The van der Waals surface area contributed by atoms with E-state index in [0.717, 1.165) is 32.6 Å². The Labute approximate surface area is 219 Å². The smallest absolute Gasteiger partial charge is 0.410 e. The van der Waals surface area contributed by atoms with Crippen LogP contribution in [0.3, 0.4) is 0 Å². The van der Waals surface area contributed by atoms with Crippen molar-refractivity contribution >= 4 is 28.0 Å². The zero-order valence-corrected chi connectivity index (χ0v) is 22.5. The number of carboxylic acids is 1. The summed E-state index contributed by atoms with van der Waals surface area (Å²) in [5.41, 5.74) is 3.38. The number of benzene rings is 2. The fourth-order valence-corrected chi connectivity index (χ4v) is 3.84. The number of amides is 1. The Morgan fingerprint density at radius 3 is 2.50 bits per heavy atom. The molecule has 0 bridgehead atoms. The third kappa shape index (κ3) is 7.84. The van der Waals surface area contributed by atoms with Gasteiger partial charge < -0.3 is 23.9 Å². The van der Waals surface area contributed by atoms with Crippen LogP contribution in [0.4, 0.5) is 4.79 Å². The van der Waals surface area contributed by atoms with Crippen molar-refractivity contribution in [2.45, 2.75) is 52.7 Å². The quantitative estimate of drug-likeness (QED) is 0.306. The van der Waals surface area contributed by atoms with Gasteiger partial charge in [0.25, 0.3) is 0 Å². The van der Waals surface area contributed by atoms with E-state index in [-0.39, 0.29) is 19.1 Å². The van der Waals surface area contributed by atoms with Crippen LogP contribution in [0.2, 0.25) is 0 Å². The number of rotatable bonds is 11. The molecule has 3 aromatic rings. The van der Waals surface area contributed by atoms with E-state index in [4.69, 9.17) is 19.0 Å². The summed E-state index contributed by atoms with van der Waals surface area (Å²) in [7, 11) is 1.65. The summed E-state index contributed by atoms with van der Waals surface area (Å²) in [6.07, 6.45) is 0.241. The molecular weight excluding hydrogens is 528 g/mol. The van der Waals surface area contributed by atoms with Gasteiger partial charge >= 0.3 is 12.1 Å². The topological polar surface area (TPSA) is 102 Å². The minimum atomic E-state index is -0.876. The largest absolute Gasteiger partial charge is 0.493 e. The van der Waals surface area contributed by atoms with Gasteiger partial charge in [-0.3, -0.25) is 4.79 Å². The number of carboxylic acid groups (broad SMARTS) is 1. The number of halogens is 1. The molecule has 0 radical (unpaired) electrons. The van der Waals surface area contributed by atoms with E-state index in [1.165, 1.54) is 4.90 Å². The van der Waals surface area contributed by atoms with Gasteiger partial charge in [-0.2, -0.15) is 0 Å². The zero-order chi connectivity index (χ0) is 26.2. The highest BCUT2D eigenvalue weighted by Crippen LogP contribution is 2.25. The second-order valence-corrected chi connectivity index (χ2v) is 9.66. The number of aliphatic carboxylic acids is 1. The summed E-state index contributed by atoms with van der Waals surface area (Å²) < 4.78 is 18.1. The number of aromatic nitrogens is 1. The Morgan fingerprint density at radius 2 is 1.83 bits per heavy atom. The Balaban J connectivity index is 1.68. The number of ether oxygens (including phenoxy) is 2. The average Bonchev–Trinajstić information content (AvgIpc) is 3.18. The lowest BCUT2D eigenvalue weighted by Crippen LogP contribution is -2.29. The minimum Gasteiger partial charge on any atom is -0.493 e. The van der Waals surface area contributed by atoms with Gasteiger partial charge in [-0.05, 0) is 74.7 Å². The molecule has 1 aromatic heterocycles. The highest BCUT2D eigenvalue weighted by molar-refractivity contribution is 9.10. The van der Waals surface area contributed by atoms with E-state index in [0.29, 0.717) is 31.1 Å². The molecule has 0 atom stereocenters. The number of nitrogens with zero attached hydrogens (tertiary/aromatic N) is 2. The lowest BCUT2D eigenvalue weighted by molar-refractivity contribution is -0.136. The summed E-state index contributed by atoms with van der Waals surface area (Å²) >= 11 is 3.43. The third-order valence-electron chi connectivity index (χ3n) is 5.43. The van der Waals surface area contributed by atoms with Gasteiger partial charge in [0.05, 0.1) is 18.4 Å². The van der Waals surface area contributed by atoms with E-state index >= 15 is 0 Å². The molecule has 0 aliphatic heterocycles. The van der Waals surface area contributed by atoms with E-state index in [1.54, 1.807) is 20.9 Å². The SMILES string of the molecule is Cc1oc(-c2ccc(Br)cc2)nc1CCOc1ccc(CCC(=O)O)c(CN(C)C(=O)OC(C)C)c1. The minimum absolute atomic E-state index is 0.000501. The summed E-state index contributed by atoms with van der Waals surface area (Å²) in [6, 6.07) is 13.3. The van der Waals surface area contributed by atoms with Crippen LogP contribution < -0.4 is 4.74 Å². The molecule has 0 saturated carbocycles. The fraction of sp³-hybridized carbons (Fsp3) is 0.370. The molecule has 0 unspecified atom stereocenters. The van der Waals surface area contributed by atoms with Gasteiger partial charge in [0, 0.05) is 36.5 Å². The van der Waals surface area contributed by atoms with Gasteiger partial charge in [0.15, 0.2) is 0 Å². The third-order valence-corrected chi connectivity index (χ3v) is 5.96. The van der Waals surface area contributed by atoms with E-state index in [1.807, 2.05) is 49.4 Å². The predicted octanol–water partition coefficient (Wildman–Crippen LogP) is 6.03. The Bertz CT molecular complexity index is 1190. The van der Waals surface area contributed by atoms with Crippen molar-refractivity contribution < 1.29 is 28.6 Å². The number of carbonyl (C=O) groups is 2. The van der Waals surface area contributed by atoms with Crippen molar-refractivity contribution in [1.82, 2.24) is 9.88 Å². The average molecular weight is 559 g/mol. The van der Waals surface area contributed by atoms with Crippen molar-refractivity contribution in [3.63, 3.8) is 0 Å². The second kappa shape index (κ2) is 12.6. The number of carbonyl (C=O) groups excluding carboxylic acids is 1. The maximum Gasteiger partial charge on any atom is 0.410 e. The highest BCUT2D eigenvalue weighted by Gasteiger charge is 2.16. The highest BCUT2D eigenvalue weighted by atomic mass is 79.9. The first kappa shape index (κ1) is 27.3. The van der Waals surface area contributed by atoms with Gasteiger partial charge in [0.1, 0.15) is 11.5 Å². The monoisotopic (exact) mass is 558 g/mol. The summed E-state index contributed by atoms with van der Waals surface area (Å²) in [5, 5.41) is 9.10. The summed E-state index contributed by atoms with van der Waals surface area (Å²) in [4.78, 5) is 29.4. The lowest BCUT2D eigenvalue weighted by atomic mass is 10.0. The Kier molecular flexibility index (Phi) is 9.52. The molecule has 0 spiro atoms. The van der Waals surface area contributed by atoms with Crippen LogP contribution in [0.25, 0.3) is 11.5 Å². The van der Waals surface area contributed by atoms with Gasteiger partial charge in [-0.25, -0.2) is 9.78 Å². The molecular formula is C27H31BrN2O6. The first-order valence-corrected chi connectivity index (χ1v) is 12.5. The molecule has 3 rings (SSSR count). The van der Waals surface area contributed by atoms with Crippen LogP contribution in [0.1, 0.15) is 42.8 Å². The van der Waals surface area contributed by atoms with Gasteiger partial charge in [0.2, 0.25) is 5.89 Å². The molecule has 0 aliphatic rings. The second-order valence-electron chi connectivity index (χ2n) is 8.74. The first-order chi connectivity index (χ1) is 17.1. The predicted molar refractivity (Wildman–Crippen MR) is 139 cm³/mol. The van der Waals surface area contributed by atoms with Crippen LogP contribution >= 0.6 is 15.9 Å². The number of hydrogen-bond donors (Lipinski definition) is 1. The lowest BCUT2D eigenvalue weighted by Gasteiger charge is -2.21. The van der Waals surface area contributed by atoms with E-state index in [9.17, 15) is 9.59 Å². The van der Waals surface area contributed by atoms with Crippen molar-refractivity contribution in [3.8, 4) is 17.2 Å². The van der Waals surface area contributed by atoms with E-state index in [2.05, 4.69) is 20.9 Å². The fourth-order valence-electron chi connectivity index (χ4n) is 3.58. The molecule has 1 amide bonds. The molecule has 9 heteroatoms. The summed E-state index contributed by atoms with van der Waals surface area (Å²) in [6.45, 7) is 6.11. The summed E-state index contributed by atoms with van der Waals surface area (Å²) in [5.74, 6) is 1.06. The molecule has 0 fully saturated rings. The molecule has 36 heavy (non-hydrogen) atoms. The van der Waals surface area contributed by atoms with Crippen molar-refractivity contribution in [2.24, 2.45) is 0 Å². The van der Waals surface area contributed by atoms with Crippen molar-refractivity contribution in [1.29, 1.82) is 0 Å². The van der Waals surface area contributed by atoms with Crippen LogP contribution in [-0.2, 0) is 28.9 Å². The van der Waals surface area contributed by atoms with Gasteiger partial charge in [-0.1, -0.05) is 22.0 Å². The molecule has 1 heterocycles. The zero-order valence-electron chi connectivity index (χ0n) is 20.9. The van der Waals surface area contributed by atoms with Crippen LogP contribution in [0, 0.1) is 6.92 Å². The number of oxazole rings is 1. The molecule has 192 valence electrons. The first-order valence-electron chi connectivity index (χ1n) is 11.7. The molecule has 0 saturated heterocycles. The van der Waals surface area contributed by atoms with Crippen LogP contribution in [0.5, 0.6) is 5.75 Å². The van der Waals surface area contributed by atoms with E-state index < -0.39 is 12.1 Å². The Hall–Kier alpha value is -3.33. The number of aryl methyl sites for hydroxylation is 2. The molecule has 0 aliphatic carbocycles. The maximum absolute atomic E-state index is 12.3. The van der Waals surface area contributed by atoms with Crippen molar-refractivity contribution in [2.75, 3.05) is 13.7 Å². The van der Waals surface area contributed by atoms with Crippen molar-refractivity contribution in [3.05, 3.63) is 69.5 Å². The normalized spacial score (nSPS) is 10.9. The molecule has 2 aromatic carbocycles. The van der Waals surface area contributed by atoms with Crippen LogP contribution in [0.15, 0.2) is 51.4 Å². The van der Waals surface area contributed by atoms with Crippen LogP contribution in [-0.4, -0.2) is 46.8 Å². The number of hydrogen-bond acceptors (Lipinski definition) is 6. The molecule has 8 nitrogen and oxygen atoms in total.